The van der Waals surface area contributed by atoms with E-state index in [1.54, 1.807) is 0 Å². The predicted molar refractivity (Wildman–Crippen MR) is 316 cm³/mol. The van der Waals surface area contributed by atoms with Crippen molar-refractivity contribution in [1.82, 2.24) is 0 Å². The maximum absolute atomic E-state index is 12.8. The van der Waals surface area contributed by atoms with Crippen LogP contribution in [0.2, 0.25) is 0 Å². The lowest BCUT2D eigenvalue weighted by Gasteiger charge is -2.18. The third-order valence-electron chi connectivity index (χ3n) is 12.1. The molecule has 0 spiro atoms. The number of hydrogen-bond donors (Lipinski definition) is 0. The number of carbonyl (C=O) groups excluding carboxylic acids is 3. The summed E-state index contributed by atoms with van der Waals surface area (Å²) in [6.45, 7) is 6.42. The smallest absolute Gasteiger partial charge is 0.306 e. The zero-order valence-electron chi connectivity index (χ0n) is 47.1. The molecule has 0 rings (SSSR count). The molecule has 0 saturated heterocycles. The Labute approximate surface area is 449 Å². The Kier molecular flexibility index (Phi) is 56.4. The Morgan fingerprint density at radius 3 is 0.904 bits per heavy atom. The first-order chi connectivity index (χ1) is 36.0. The van der Waals surface area contributed by atoms with E-state index in [1.165, 1.54) is 64.2 Å². The standard InChI is InChI=1S/C67H108O6/c1-4-7-10-13-16-19-22-25-27-28-29-30-31-32-33-34-35-36-37-38-40-42-45-48-51-54-57-60-66(69)72-63-64(62-71-65(68)59-56-53-50-47-44-41-24-21-18-15-12-9-6-3)73-67(70)61-58-55-52-49-46-43-39-26-23-20-17-14-11-8-5-2/h7,10,16-17,19-21,24-27,29-30,32-33,35-36,38-40,45,48,64H,4-6,8-9,11-15,18,22-23,28,31,34,37,41-44,46-47,49-63H2,1-3H3/b10-7-,19-16-,20-17-,24-21-,27-25-,30-29-,33-32-,36-35-,39-26-,40-38-,48-45-. The van der Waals surface area contributed by atoms with Gasteiger partial charge < -0.3 is 14.2 Å². The fraction of sp³-hybridized carbons (Fsp3) is 0.627. The molecule has 0 heterocycles. The average Bonchev–Trinajstić information content (AvgIpc) is 3.39. The zero-order chi connectivity index (χ0) is 52.9. The van der Waals surface area contributed by atoms with Crippen LogP contribution in [0.4, 0.5) is 0 Å². The molecule has 0 aromatic heterocycles. The van der Waals surface area contributed by atoms with Crippen LogP contribution in [0.25, 0.3) is 0 Å². The van der Waals surface area contributed by atoms with Crippen LogP contribution in [-0.2, 0) is 28.6 Å². The fourth-order valence-corrected chi connectivity index (χ4v) is 7.66. The SMILES string of the molecule is CC/C=C\C/C=C\C/C=C\C/C=C\C/C=C\C/C=C\C/C=C\C/C=C\CCCCC(=O)OCC(COC(=O)CCCCCCC/C=C\CCCCCC)OC(=O)CCCCCCC/C=C\C/C=C\CCCCC. The second-order valence-corrected chi connectivity index (χ2v) is 19.2. The maximum atomic E-state index is 12.8. The van der Waals surface area contributed by atoms with Crippen LogP contribution in [-0.4, -0.2) is 37.2 Å². The van der Waals surface area contributed by atoms with Crippen molar-refractivity contribution in [2.75, 3.05) is 13.2 Å². The van der Waals surface area contributed by atoms with Gasteiger partial charge >= 0.3 is 17.9 Å². The summed E-state index contributed by atoms with van der Waals surface area (Å²) in [5, 5.41) is 0. The normalized spacial score (nSPS) is 13.1. The summed E-state index contributed by atoms with van der Waals surface area (Å²) >= 11 is 0. The average molecular weight is 1010 g/mol. The van der Waals surface area contributed by atoms with Gasteiger partial charge in [-0.2, -0.15) is 0 Å². The van der Waals surface area contributed by atoms with Gasteiger partial charge in [-0.05, 0) is 141 Å². The van der Waals surface area contributed by atoms with E-state index in [4.69, 9.17) is 14.2 Å². The molecule has 6 heteroatoms. The monoisotopic (exact) mass is 1010 g/mol. The zero-order valence-corrected chi connectivity index (χ0v) is 47.1. The fourth-order valence-electron chi connectivity index (χ4n) is 7.66. The lowest BCUT2D eigenvalue weighted by Crippen LogP contribution is -2.30. The minimum Gasteiger partial charge on any atom is -0.462 e. The van der Waals surface area contributed by atoms with Crippen LogP contribution >= 0.6 is 0 Å². The molecule has 73 heavy (non-hydrogen) atoms. The van der Waals surface area contributed by atoms with E-state index < -0.39 is 6.10 Å². The molecule has 0 aromatic rings. The van der Waals surface area contributed by atoms with Crippen LogP contribution in [0, 0.1) is 0 Å². The van der Waals surface area contributed by atoms with Gasteiger partial charge in [-0.25, -0.2) is 0 Å². The highest BCUT2D eigenvalue weighted by molar-refractivity contribution is 5.71. The first-order valence-corrected chi connectivity index (χ1v) is 29.7. The van der Waals surface area contributed by atoms with Crippen molar-refractivity contribution in [3.05, 3.63) is 134 Å². The molecule has 1 unspecified atom stereocenters. The van der Waals surface area contributed by atoms with Crippen molar-refractivity contribution in [3.8, 4) is 0 Å². The van der Waals surface area contributed by atoms with Gasteiger partial charge in [-0.3, -0.25) is 14.4 Å². The van der Waals surface area contributed by atoms with Gasteiger partial charge in [0, 0.05) is 19.3 Å². The number of rotatable bonds is 52. The first-order valence-electron chi connectivity index (χ1n) is 29.7. The van der Waals surface area contributed by atoms with Crippen molar-refractivity contribution in [3.63, 3.8) is 0 Å². The van der Waals surface area contributed by atoms with Crippen molar-refractivity contribution in [1.29, 1.82) is 0 Å². The number of esters is 3. The molecular weight excluding hydrogens is 901 g/mol. The van der Waals surface area contributed by atoms with Crippen LogP contribution in [0.1, 0.15) is 252 Å². The highest BCUT2D eigenvalue weighted by Crippen LogP contribution is 2.13. The summed E-state index contributed by atoms with van der Waals surface area (Å²) < 4.78 is 16.8. The van der Waals surface area contributed by atoms with Gasteiger partial charge in [-0.15, -0.1) is 0 Å². The van der Waals surface area contributed by atoms with E-state index in [9.17, 15) is 14.4 Å². The highest BCUT2D eigenvalue weighted by atomic mass is 16.6. The number of carbonyl (C=O) groups is 3. The molecule has 0 aliphatic heterocycles. The first kappa shape index (κ1) is 68.6. The van der Waals surface area contributed by atoms with Crippen molar-refractivity contribution in [2.24, 2.45) is 0 Å². The van der Waals surface area contributed by atoms with Crippen molar-refractivity contribution >= 4 is 17.9 Å². The van der Waals surface area contributed by atoms with Crippen LogP contribution in [0.5, 0.6) is 0 Å². The van der Waals surface area contributed by atoms with Crippen molar-refractivity contribution < 1.29 is 28.6 Å². The number of ether oxygens (including phenoxy) is 3. The molecule has 1 atom stereocenters. The Bertz CT molecular complexity index is 1580. The molecule has 0 bridgehead atoms. The predicted octanol–water partition coefficient (Wildman–Crippen LogP) is 20.2. The summed E-state index contributed by atoms with van der Waals surface area (Å²) in [7, 11) is 0. The lowest BCUT2D eigenvalue weighted by molar-refractivity contribution is -0.167. The van der Waals surface area contributed by atoms with E-state index in [0.717, 1.165) is 141 Å². The number of unbranched alkanes of at least 4 members (excludes halogenated alkanes) is 19. The van der Waals surface area contributed by atoms with Gasteiger partial charge in [0.05, 0.1) is 0 Å². The molecule has 0 amide bonds. The maximum Gasteiger partial charge on any atom is 0.306 e. The second kappa shape index (κ2) is 60.1. The van der Waals surface area contributed by atoms with E-state index in [-0.39, 0.29) is 31.1 Å². The van der Waals surface area contributed by atoms with E-state index in [1.807, 2.05) is 0 Å². The number of hydrogen-bond acceptors (Lipinski definition) is 6. The van der Waals surface area contributed by atoms with E-state index in [2.05, 4.69) is 154 Å². The molecule has 412 valence electrons. The van der Waals surface area contributed by atoms with Gasteiger partial charge in [0.25, 0.3) is 0 Å². The molecule has 0 N–H and O–H groups in total. The highest BCUT2D eigenvalue weighted by Gasteiger charge is 2.19. The third kappa shape index (κ3) is 58.3. The van der Waals surface area contributed by atoms with Crippen LogP contribution in [0.15, 0.2) is 134 Å². The van der Waals surface area contributed by atoms with Gasteiger partial charge in [-0.1, -0.05) is 225 Å². The molecule has 0 saturated carbocycles. The van der Waals surface area contributed by atoms with E-state index in [0.29, 0.717) is 25.7 Å². The van der Waals surface area contributed by atoms with Gasteiger partial charge in [0.15, 0.2) is 6.10 Å². The van der Waals surface area contributed by atoms with Crippen LogP contribution in [0.3, 0.4) is 0 Å². The summed E-state index contributed by atoms with van der Waals surface area (Å²) in [6, 6.07) is 0. The molecule has 0 aromatic carbocycles. The minimum absolute atomic E-state index is 0.106. The van der Waals surface area contributed by atoms with E-state index >= 15 is 0 Å². The molecule has 0 aliphatic carbocycles. The minimum atomic E-state index is -0.812. The summed E-state index contributed by atoms with van der Waals surface area (Å²) in [4.78, 5) is 38.1. The Morgan fingerprint density at radius 2 is 0.534 bits per heavy atom. The molecule has 0 fully saturated rings. The molecular formula is C67H108O6. The second-order valence-electron chi connectivity index (χ2n) is 19.2. The summed E-state index contributed by atoms with van der Waals surface area (Å²) in [5.41, 5.74) is 0. The lowest BCUT2D eigenvalue weighted by atomic mass is 10.1. The molecule has 0 aliphatic rings. The number of allylic oxidation sites excluding steroid dienone is 22. The summed E-state index contributed by atoms with van der Waals surface area (Å²) in [5.74, 6) is -0.977. The Morgan fingerprint density at radius 1 is 0.288 bits per heavy atom. The Hall–Kier alpha value is -4.45. The van der Waals surface area contributed by atoms with Crippen molar-refractivity contribution in [2.45, 2.75) is 258 Å². The van der Waals surface area contributed by atoms with Gasteiger partial charge in [0.1, 0.15) is 13.2 Å². The third-order valence-corrected chi connectivity index (χ3v) is 12.1. The Balaban J connectivity index is 4.45. The largest absolute Gasteiger partial charge is 0.462 e. The topological polar surface area (TPSA) is 78.9 Å². The summed E-state index contributed by atoms with van der Waals surface area (Å²) in [6.07, 6.45) is 84.4. The van der Waals surface area contributed by atoms with Crippen LogP contribution < -0.4 is 0 Å². The van der Waals surface area contributed by atoms with Gasteiger partial charge in [0.2, 0.25) is 0 Å². The quantitative estimate of drug-likeness (QED) is 0.0261. The molecule has 6 nitrogen and oxygen atoms in total. The molecule has 0 radical (unpaired) electrons.